The minimum absolute atomic E-state index is 0.133. The molecule has 0 aliphatic heterocycles. The van der Waals surface area contributed by atoms with Gasteiger partial charge in [0.05, 0.1) is 5.92 Å². The van der Waals surface area contributed by atoms with E-state index < -0.39 is 11.3 Å². The molecular formula is C16H18O3. The van der Waals surface area contributed by atoms with Crippen LogP contribution >= 0.6 is 0 Å². The van der Waals surface area contributed by atoms with E-state index in [9.17, 15) is 14.4 Å². The highest BCUT2D eigenvalue weighted by Gasteiger charge is 2.48. The van der Waals surface area contributed by atoms with E-state index in [0.717, 1.165) is 0 Å². The fourth-order valence-corrected chi connectivity index (χ4v) is 2.55. The van der Waals surface area contributed by atoms with E-state index in [1.165, 1.54) is 13.0 Å². The second-order valence-electron chi connectivity index (χ2n) is 5.37. The van der Waals surface area contributed by atoms with Crippen LogP contribution in [0.15, 0.2) is 22.8 Å². The molecule has 19 heavy (non-hydrogen) atoms. The van der Waals surface area contributed by atoms with Crippen molar-refractivity contribution in [2.24, 2.45) is 11.3 Å². The first-order valence-electron chi connectivity index (χ1n) is 6.13. The summed E-state index contributed by atoms with van der Waals surface area (Å²) in [6, 6.07) is 0. The van der Waals surface area contributed by atoms with Crippen molar-refractivity contribution >= 4 is 17.9 Å². The van der Waals surface area contributed by atoms with Gasteiger partial charge in [-0.05, 0) is 26.8 Å². The lowest BCUT2D eigenvalue weighted by Crippen LogP contribution is -2.31. The molecule has 0 saturated heterocycles. The Labute approximate surface area is 113 Å². The van der Waals surface area contributed by atoms with Crippen molar-refractivity contribution in [1.82, 2.24) is 0 Å². The maximum atomic E-state index is 12.1. The van der Waals surface area contributed by atoms with Crippen molar-refractivity contribution in [2.45, 2.75) is 34.6 Å². The molecule has 1 rings (SSSR count). The van der Waals surface area contributed by atoms with Crippen LogP contribution in [-0.2, 0) is 14.4 Å². The zero-order valence-electron chi connectivity index (χ0n) is 12.0. The molecule has 0 heterocycles. The molecule has 0 N–H and O–H groups in total. The Balaban J connectivity index is 3.28. The van der Waals surface area contributed by atoms with Gasteiger partial charge in [0.2, 0.25) is 0 Å². The van der Waals surface area contributed by atoms with E-state index in [-0.39, 0.29) is 11.6 Å². The van der Waals surface area contributed by atoms with Gasteiger partial charge in [0, 0.05) is 22.1 Å². The van der Waals surface area contributed by atoms with E-state index in [2.05, 4.69) is 11.8 Å². The second kappa shape index (κ2) is 5.36. The number of carbonyl (C=O) groups is 3. The Hall–Kier alpha value is -1.95. The Morgan fingerprint density at radius 3 is 2.32 bits per heavy atom. The third-order valence-electron chi connectivity index (χ3n) is 3.48. The van der Waals surface area contributed by atoms with Crippen molar-refractivity contribution in [3.8, 4) is 11.8 Å². The lowest BCUT2D eigenvalue weighted by Gasteiger charge is -2.25. The summed E-state index contributed by atoms with van der Waals surface area (Å²) in [5.74, 6) is 4.88. The molecule has 1 atom stereocenters. The van der Waals surface area contributed by atoms with Crippen molar-refractivity contribution in [2.75, 3.05) is 0 Å². The molecule has 0 aromatic heterocycles. The molecular weight excluding hydrogens is 240 g/mol. The standard InChI is InChI=1S/C16H18O3/c1-10(8-9-17)6-7-13-11(2)15(19)14(12(3)18)16(13,4)5/h8-9,14H,1-5H3. The molecule has 3 heteroatoms. The van der Waals surface area contributed by atoms with Crippen LogP contribution in [-0.4, -0.2) is 17.9 Å². The van der Waals surface area contributed by atoms with Gasteiger partial charge in [0.15, 0.2) is 5.78 Å². The Bertz CT molecular complexity index is 563. The van der Waals surface area contributed by atoms with Gasteiger partial charge in [0.25, 0.3) is 0 Å². The van der Waals surface area contributed by atoms with Crippen molar-refractivity contribution in [3.05, 3.63) is 22.8 Å². The number of rotatable bonds is 2. The third-order valence-corrected chi connectivity index (χ3v) is 3.48. The van der Waals surface area contributed by atoms with E-state index in [1.807, 2.05) is 13.8 Å². The van der Waals surface area contributed by atoms with Crippen molar-refractivity contribution in [1.29, 1.82) is 0 Å². The quantitative estimate of drug-likeness (QED) is 0.330. The number of allylic oxidation sites excluding steroid dienone is 4. The maximum absolute atomic E-state index is 12.1. The molecule has 1 aliphatic carbocycles. The summed E-state index contributed by atoms with van der Waals surface area (Å²) in [6.07, 6.45) is 2.05. The number of Topliss-reactive ketones (excluding diaryl/α,β-unsaturated/α-hetero) is 2. The molecule has 0 aromatic carbocycles. The zero-order chi connectivity index (χ0) is 14.8. The zero-order valence-corrected chi connectivity index (χ0v) is 12.0. The average molecular weight is 258 g/mol. The summed E-state index contributed by atoms with van der Waals surface area (Å²) in [4.78, 5) is 34.1. The third kappa shape index (κ3) is 2.73. The first-order valence-corrected chi connectivity index (χ1v) is 6.13. The highest BCUT2D eigenvalue weighted by atomic mass is 16.2. The molecule has 0 bridgehead atoms. The number of ketones is 2. The van der Waals surface area contributed by atoms with Crippen LogP contribution in [0.4, 0.5) is 0 Å². The van der Waals surface area contributed by atoms with Crippen LogP contribution < -0.4 is 0 Å². The Morgan fingerprint density at radius 2 is 1.89 bits per heavy atom. The van der Waals surface area contributed by atoms with Crippen LogP contribution in [0.1, 0.15) is 34.6 Å². The largest absolute Gasteiger partial charge is 0.299 e. The highest BCUT2D eigenvalue weighted by molar-refractivity contribution is 6.14. The van der Waals surface area contributed by atoms with Crippen molar-refractivity contribution in [3.63, 3.8) is 0 Å². The predicted molar refractivity (Wildman–Crippen MR) is 73.3 cm³/mol. The number of carbonyl (C=O) groups excluding carboxylic acids is 3. The monoisotopic (exact) mass is 258 g/mol. The summed E-state index contributed by atoms with van der Waals surface area (Å²) >= 11 is 0. The molecule has 0 amide bonds. The van der Waals surface area contributed by atoms with E-state index in [1.54, 1.807) is 13.8 Å². The first kappa shape index (κ1) is 15.1. The van der Waals surface area contributed by atoms with Crippen LogP contribution in [0.2, 0.25) is 0 Å². The highest BCUT2D eigenvalue weighted by Crippen LogP contribution is 2.44. The summed E-state index contributed by atoms with van der Waals surface area (Å²) in [6.45, 7) is 8.58. The van der Waals surface area contributed by atoms with Gasteiger partial charge in [-0.15, -0.1) is 0 Å². The number of hydrogen-bond acceptors (Lipinski definition) is 3. The van der Waals surface area contributed by atoms with E-state index in [4.69, 9.17) is 0 Å². The molecule has 1 aliphatic rings. The lowest BCUT2D eigenvalue weighted by molar-refractivity contribution is -0.131. The molecule has 1 unspecified atom stereocenters. The topological polar surface area (TPSA) is 51.2 Å². The summed E-state index contributed by atoms with van der Waals surface area (Å²) in [7, 11) is 0. The molecule has 100 valence electrons. The van der Waals surface area contributed by atoms with Gasteiger partial charge in [-0.25, -0.2) is 0 Å². The van der Waals surface area contributed by atoms with Gasteiger partial charge < -0.3 is 0 Å². The van der Waals surface area contributed by atoms with Crippen LogP contribution in [0.5, 0.6) is 0 Å². The average Bonchev–Trinajstić information content (AvgIpc) is 2.44. The lowest BCUT2D eigenvalue weighted by atomic mass is 9.75. The number of hydrogen-bond donors (Lipinski definition) is 0. The fourth-order valence-electron chi connectivity index (χ4n) is 2.55. The van der Waals surface area contributed by atoms with Crippen molar-refractivity contribution < 1.29 is 14.4 Å². The second-order valence-corrected chi connectivity index (χ2v) is 5.37. The van der Waals surface area contributed by atoms with E-state index in [0.29, 0.717) is 23.0 Å². The Kier molecular flexibility index (Phi) is 4.26. The van der Waals surface area contributed by atoms with Crippen LogP contribution in [0, 0.1) is 23.2 Å². The fraction of sp³-hybridized carbons (Fsp3) is 0.438. The summed E-state index contributed by atoms with van der Waals surface area (Å²) in [5, 5.41) is 0. The molecule has 0 spiro atoms. The maximum Gasteiger partial charge on any atom is 0.170 e. The molecule has 0 saturated carbocycles. The minimum atomic E-state index is -0.646. The normalized spacial score (nSPS) is 22.1. The molecule has 0 aromatic rings. The smallest absolute Gasteiger partial charge is 0.170 e. The molecule has 0 fully saturated rings. The summed E-state index contributed by atoms with van der Waals surface area (Å²) < 4.78 is 0. The summed E-state index contributed by atoms with van der Waals surface area (Å²) in [5.41, 5.74) is 1.29. The number of aldehydes is 1. The van der Waals surface area contributed by atoms with Gasteiger partial charge in [-0.2, -0.15) is 0 Å². The first-order chi connectivity index (χ1) is 8.73. The van der Waals surface area contributed by atoms with Gasteiger partial charge >= 0.3 is 0 Å². The predicted octanol–water partition coefficient (Wildman–Crippen LogP) is 2.27. The SMILES string of the molecule is CC(=O)C1C(=O)C(C)=C(C#CC(C)=CC=O)C1(C)C. The Morgan fingerprint density at radius 1 is 1.32 bits per heavy atom. The van der Waals surface area contributed by atoms with Crippen LogP contribution in [0.3, 0.4) is 0 Å². The molecule has 0 radical (unpaired) electrons. The van der Waals surface area contributed by atoms with E-state index >= 15 is 0 Å². The van der Waals surface area contributed by atoms with Gasteiger partial charge in [0.1, 0.15) is 12.1 Å². The van der Waals surface area contributed by atoms with Gasteiger partial charge in [-0.3, -0.25) is 14.4 Å². The minimum Gasteiger partial charge on any atom is -0.299 e. The van der Waals surface area contributed by atoms with Crippen LogP contribution in [0.25, 0.3) is 0 Å². The molecule has 3 nitrogen and oxygen atoms in total. The van der Waals surface area contributed by atoms with Gasteiger partial charge in [-0.1, -0.05) is 25.7 Å².